The van der Waals surface area contributed by atoms with Gasteiger partial charge in [0.2, 0.25) is 0 Å². The number of benzene rings is 2. The maximum Gasteiger partial charge on any atom is 0.124 e. The van der Waals surface area contributed by atoms with Gasteiger partial charge >= 0.3 is 0 Å². The standard InChI is InChI=1S/C17H19ClO2/c18-12-16-15-6-2-1-4-13(15)7-8-17(16)20-11-9-14-5-3-10-19-14/h1-2,4,6-8,14H,3,5,9-12H2. The highest BCUT2D eigenvalue weighted by atomic mass is 35.5. The highest BCUT2D eigenvalue weighted by molar-refractivity contribution is 6.18. The number of ether oxygens (including phenoxy) is 2. The van der Waals surface area contributed by atoms with Crippen molar-refractivity contribution >= 4 is 22.4 Å². The second-order valence-corrected chi connectivity index (χ2v) is 5.44. The molecular weight excluding hydrogens is 272 g/mol. The molecule has 106 valence electrons. The maximum atomic E-state index is 6.11. The molecule has 0 saturated carbocycles. The van der Waals surface area contributed by atoms with Crippen molar-refractivity contribution in [2.24, 2.45) is 0 Å². The van der Waals surface area contributed by atoms with E-state index in [2.05, 4.69) is 18.2 Å². The molecule has 3 rings (SSSR count). The smallest absolute Gasteiger partial charge is 0.124 e. The van der Waals surface area contributed by atoms with Crippen LogP contribution in [0, 0.1) is 0 Å². The van der Waals surface area contributed by atoms with Gasteiger partial charge < -0.3 is 9.47 Å². The number of alkyl halides is 1. The fourth-order valence-electron chi connectivity index (χ4n) is 2.76. The third-order valence-electron chi connectivity index (χ3n) is 3.85. The van der Waals surface area contributed by atoms with Crippen LogP contribution in [0.15, 0.2) is 36.4 Å². The lowest BCUT2D eigenvalue weighted by molar-refractivity contribution is 0.0903. The van der Waals surface area contributed by atoms with Gasteiger partial charge in [-0.15, -0.1) is 11.6 Å². The molecule has 0 radical (unpaired) electrons. The normalized spacial score (nSPS) is 18.6. The molecule has 0 amide bonds. The van der Waals surface area contributed by atoms with Crippen molar-refractivity contribution in [1.29, 1.82) is 0 Å². The predicted molar refractivity (Wildman–Crippen MR) is 82.6 cm³/mol. The largest absolute Gasteiger partial charge is 0.493 e. The van der Waals surface area contributed by atoms with E-state index in [1.807, 2.05) is 18.2 Å². The summed E-state index contributed by atoms with van der Waals surface area (Å²) >= 11 is 6.11. The van der Waals surface area contributed by atoms with E-state index in [4.69, 9.17) is 21.1 Å². The van der Waals surface area contributed by atoms with E-state index < -0.39 is 0 Å². The second kappa shape index (κ2) is 6.47. The SMILES string of the molecule is ClCc1c(OCCC2CCCO2)ccc2ccccc12. The average molecular weight is 291 g/mol. The van der Waals surface area contributed by atoms with Gasteiger partial charge in [0, 0.05) is 18.6 Å². The van der Waals surface area contributed by atoms with Gasteiger partial charge in [-0.3, -0.25) is 0 Å². The number of hydrogen-bond donors (Lipinski definition) is 0. The average Bonchev–Trinajstić information content (AvgIpc) is 3.00. The third-order valence-corrected chi connectivity index (χ3v) is 4.12. The summed E-state index contributed by atoms with van der Waals surface area (Å²) < 4.78 is 11.5. The Labute approximate surface area is 124 Å². The minimum absolute atomic E-state index is 0.370. The van der Waals surface area contributed by atoms with Crippen LogP contribution in [0.5, 0.6) is 5.75 Å². The van der Waals surface area contributed by atoms with Crippen LogP contribution in [-0.4, -0.2) is 19.3 Å². The van der Waals surface area contributed by atoms with Gasteiger partial charge in [-0.1, -0.05) is 30.3 Å². The number of fused-ring (bicyclic) bond motifs is 1. The molecular formula is C17H19ClO2. The monoisotopic (exact) mass is 290 g/mol. The van der Waals surface area contributed by atoms with Crippen LogP contribution in [0.25, 0.3) is 10.8 Å². The molecule has 0 N–H and O–H groups in total. The van der Waals surface area contributed by atoms with Crippen LogP contribution in [0.1, 0.15) is 24.8 Å². The maximum absolute atomic E-state index is 6.11. The first-order valence-electron chi connectivity index (χ1n) is 7.19. The summed E-state index contributed by atoms with van der Waals surface area (Å²) in [6.07, 6.45) is 3.65. The molecule has 0 spiro atoms. The molecule has 1 atom stereocenters. The Morgan fingerprint density at radius 1 is 1.20 bits per heavy atom. The van der Waals surface area contributed by atoms with E-state index in [1.54, 1.807) is 0 Å². The van der Waals surface area contributed by atoms with E-state index in [9.17, 15) is 0 Å². The molecule has 2 nitrogen and oxygen atoms in total. The molecule has 0 aromatic heterocycles. The predicted octanol–water partition coefficient (Wildman–Crippen LogP) is 4.53. The van der Waals surface area contributed by atoms with Crippen molar-refractivity contribution in [2.75, 3.05) is 13.2 Å². The lowest BCUT2D eigenvalue weighted by atomic mass is 10.0. The van der Waals surface area contributed by atoms with Gasteiger partial charge in [-0.2, -0.15) is 0 Å². The lowest BCUT2D eigenvalue weighted by Gasteiger charge is -2.14. The number of halogens is 1. The Bertz CT molecular complexity index is 576. The first-order valence-corrected chi connectivity index (χ1v) is 7.73. The van der Waals surface area contributed by atoms with Crippen LogP contribution < -0.4 is 4.74 Å². The molecule has 3 heteroatoms. The summed E-state index contributed by atoms with van der Waals surface area (Å²) in [6.45, 7) is 1.58. The zero-order chi connectivity index (χ0) is 13.8. The second-order valence-electron chi connectivity index (χ2n) is 5.17. The molecule has 1 fully saturated rings. The van der Waals surface area contributed by atoms with E-state index in [-0.39, 0.29) is 0 Å². The molecule has 2 aromatic rings. The van der Waals surface area contributed by atoms with Crippen molar-refractivity contribution in [3.63, 3.8) is 0 Å². The lowest BCUT2D eigenvalue weighted by Crippen LogP contribution is -2.11. The number of rotatable bonds is 5. The molecule has 0 bridgehead atoms. The van der Waals surface area contributed by atoms with Crippen molar-refractivity contribution in [2.45, 2.75) is 31.2 Å². The third kappa shape index (κ3) is 2.92. The van der Waals surface area contributed by atoms with E-state index in [1.165, 1.54) is 17.2 Å². The fourth-order valence-corrected chi connectivity index (χ4v) is 3.04. The minimum atomic E-state index is 0.370. The molecule has 1 unspecified atom stereocenters. The molecule has 20 heavy (non-hydrogen) atoms. The summed E-state index contributed by atoms with van der Waals surface area (Å²) in [5.41, 5.74) is 1.08. The van der Waals surface area contributed by atoms with Crippen LogP contribution in [0.2, 0.25) is 0 Å². The molecule has 1 aliphatic heterocycles. The van der Waals surface area contributed by atoms with Crippen LogP contribution in [0.3, 0.4) is 0 Å². The zero-order valence-corrected chi connectivity index (χ0v) is 12.2. The molecule has 1 aliphatic rings. The van der Waals surface area contributed by atoms with E-state index >= 15 is 0 Å². The van der Waals surface area contributed by atoms with Crippen LogP contribution in [-0.2, 0) is 10.6 Å². The summed E-state index contributed by atoms with van der Waals surface area (Å²) in [5, 5.41) is 2.38. The van der Waals surface area contributed by atoms with Gasteiger partial charge in [-0.25, -0.2) is 0 Å². The van der Waals surface area contributed by atoms with Crippen molar-refractivity contribution in [3.8, 4) is 5.75 Å². The minimum Gasteiger partial charge on any atom is -0.493 e. The molecule has 2 aromatic carbocycles. The van der Waals surface area contributed by atoms with Crippen molar-refractivity contribution in [3.05, 3.63) is 42.0 Å². The Balaban J connectivity index is 1.73. The van der Waals surface area contributed by atoms with Crippen molar-refractivity contribution < 1.29 is 9.47 Å². The molecule has 1 saturated heterocycles. The van der Waals surface area contributed by atoms with Crippen molar-refractivity contribution in [1.82, 2.24) is 0 Å². The summed E-state index contributed by atoms with van der Waals surface area (Å²) in [4.78, 5) is 0. The van der Waals surface area contributed by atoms with E-state index in [0.29, 0.717) is 18.6 Å². The first-order chi connectivity index (χ1) is 9.88. The Kier molecular flexibility index (Phi) is 4.44. The summed E-state index contributed by atoms with van der Waals surface area (Å²) in [5.74, 6) is 1.37. The summed E-state index contributed by atoms with van der Waals surface area (Å²) in [7, 11) is 0. The zero-order valence-electron chi connectivity index (χ0n) is 11.5. The Morgan fingerprint density at radius 2 is 2.10 bits per heavy atom. The van der Waals surface area contributed by atoms with Gasteiger partial charge in [0.05, 0.1) is 18.6 Å². The van der Waals surface area contributed by atoms with Crippen LogP contribution in [0.4, 0.5) is 0 Å². The van der Waals surface area contributed by atoms with E-state index in [0.717, 1.165) is 30.8 Å². The van der Waals surface area contributed by atoms with Gasteiger partial charge in [0.1, 0.15) is 5.75 Å². The molecule has 0 aliphatic carbocycles. The Hall–Kier alpha value is -1.25. The summed E-state index contributed by atoms with van der Waals surface area (Å²) in [6, 6.07) is 12.4. The first kappa shape index (κ1) is 13.7. The fraction of sp³-hybridized carbons (Fsp3) is 0.412. The number of hydrogen-bond acceptors (Lipinski definition) is 2. The quantitative estimate of drug-likeness (QED) is 0.754. The van der Waals surface area contributed by atoms with Gasteiger partial charge in [0.15, 0.2) is 0 Å². The highest BCUT2D eigenvalue weighted by Gasteiger charge is 2.15. The molecule has 1 heterocycles. The van der Waals surface area contributed by atoms with Crippen LogP contribution >= 0.6 is 11.6 Å². The van der Waals surface area contributed by atoms with Gasteiger partial charge in [0.25, 0.3) is 0 Å². The van der Waals surface area contributed by atoms with Gasteiger partial charge in [-0.05, 0) is 29.7 Å². The topological polar surface area (TPSA) is 18.5 Å². The highest BCUT2D eigenvalue weighted by Crippen LogP contribution is 2.29. The Morgan fingerprint density at radius 3 is 2.90 bits per heavy atom.